The molecule has 0 aromatic carbocycles. The summed E-state index contributed by atoms with van der Waals surface area (Å²) in [6.45, 7) is -1.05. The molecule has 0 bridgehead atoms. The minimum absolute atomic E-state index is 0.268. The third kappa shape index (κ3) is 3.13. The van der Waals surface area contributed by atoms with Crippen LogP contribution >= 0.6 is 0 Å². The summed E-state index contributed by atoms with van der Waals surface area (Å²) in [7, 11) is 0. The highest BCUT2D eigenvalue weighted by Crippen LogP contribution is 2.24. The van der Waals surface area contributed by atoms with E-state index < -0.39 is 31.5 Å². The van der Waals surface area contributed by atoms with Gasteiger partial charge in [0.15, 0.2) is 0 Å². The minimum atomic E-state index is -3.87. The topological polar surface area (TPSA) is 35.5 Å². The molecule has 0 fully saturated rings. The maximum atomic E-state index is 13.1. The summed E-state index contributed by atoms with van der Waals surface area (Å²) in [5.74, 6) is -5.72. The first-order valence-electron chi connectivity index (χ1n) is 3.83. The highest BCUT2D eigenvalue weighted by Gasteiger charge is 2.51. The van der Waals surface area contributed by atoms with Gasteiger partial charge in [0.05, 0.1) is 13.2 Å². The van der Waals surface area contributed by atoms with Gasteiger partial charge in [-0.2, -0.15) is 4.39 Å². The molecule has 0 saturated heterocycles. The Morgan fingerprint density at radius 2 is 2.07 bits per heavy atom. The van der Waals surface area contributed by atoms with Crippen LogP contribution < -0.4 is 0 Å². The lowest BCUT2D eigenvalue weighted by atomic mass is 10.3. The zero-order chi connectivity index (χ0) is 11.2. The second-order valence-electron chi connectivity index (χ2n) is 2.20. The molecule has 1 atom stereocenters. The molecule has 0 aliphatic rings. The van der Waals surface area contributed by atoms with Gasteiger partial charge >= 0.3 is 18.2 Å². The van der Waals surface area contributed by atoms with Crippen LogP contribution in [0.3, 0.4) is 0 Å². The fourth-order valence-electron chi connectivity index (χ4n) is 0.628. The summed E-state index contributed by atoms with van der Waals surface area (Å²) in [5, 5.41) is 0. The standard InChI is InChI=1S/C7H10F4O3/c1-2-13-6(12)7(11,5(9)10)14-4-3-8/h5H,2-4H2,1H3. The van der Waals surface area contributed by atoms with Crippen LogP contribution in [-0.2, 0) is 14.3 Å². The fraction of sp³-hybridized carbons (Fsp3) is 0.857. The van der Waals surface area contributed by atoms with Gasteiger partial charge in [0, 0.05) is 0 Å². The molecular formula is C7H10F4O3. The quantitative estimate of drug-likeness (QED) is 0.500. The number of alkyl halides is 4. The van der Waals surface area contributed by atoms with Crippen LogP contribution in [0.4, 0.5) is 17.6 Å². The molecule has 14 heavy (non-hydrogen) atoms. The molecule has 0 saturated carbocycles. The number of halogens is 4. The number of rotatable bonds is 6. The lowest BCUT2D eigenvalue weighted by molar-refractivity contribution is -0.238. The summed E-state index contributed by atoms with van der Waals surface area (Å²) in [6, 6.07) is 0. The van der Waals surface area contributed by atoms with E-state index in [2.05, 4.69) is 9.47 Å². The summed E-state index contributed by atoms with van der Waals surface area (Å²) < 4.78 is 56.5. The second-order valence-corrected chi connectivity index (χ2v) is 2.20. The highest BCUT2D eigenvalue weighted by atomic mass is 19.3. The molecule has 0 aromatic heterocycles. The summed E-state index contributed by atoms with van der Waals surface area (Å²) in [4.78, 5) is 10.7. The number of carbonyl (C=O) groups is 1. The average molecular weight is 218 g/mol. The maximum Gasteiger partial charge on any atom is 0.378 e. The lowest BCUT2D eigenvalue weighted by Crippen LogP contribution is -2.45. The van der Waals surface area contributed by atoms with E-state index in [1.54, 1.807) is 0 Å². The smallest absolute Gasteiger partial charge is 0.378 e. The Balaban J connectivity index is 4.45. The average Bonchev–Trinajstić information content (AvgIpc) is 2.14. The zero-order valence-corrected chi connectivity index (χ0v) is 7.44. The van der Waals surface area contributed by atoms with Gasteiger partial charge in [-0.1, -0.05) is 0 Å². The van der Waals surface area contributed by atoms with E-state index in [9.17, 15) is 22.4 Å². The number of esters is 1. The Hall–Kier alpha value is -0.850. The van der Waals surface area contributed by atoms with Crippen LogP contribution in [0.25, 0.3) is 0 Å². The van der Waals surface area contributed by atoms with E-state index >= 15 is 0 Å². The molecule has 0 aliphatic heterocycles. The Morgan fingerprint density at radius 1 is 1.50 bits per heavy atom. The second kappa shape index (κ2) is 5.79. The summed E-state index contributed by atoms with van der Waals surface area (Å²) in [5.41, 5.74) is 0. The molecule has 0 N–H and O–H groups in total. The van der Waals surface area contributed by atoms with Crippen molar-refractivity contribution in [1.29, 1.82) is 0 Å². The molecule has 3 nitrogen and oxygen atoms in total. The summed E-state index contributed by atoms with van der Waals surface area (Å²) >= 11 is 0. The molecule has 0 aliphatic carbocycles. The monoisotopic (exact) mass is 218 g/mol. The van der Waals surface area contributed by atoms with E-state index in [-0.39, 0.29) is 6.61 Å². The molecule has 1 unspecified atom stereocenters. The molecular weight excluding hydrogens is 208 g/mol. The number of hydrogen-bond acceptors (Lipinski definition) is 3. The Kier molecular flexibility index (Phi) is 5.44. The van der Waals surface area contributed by atoms with Gasteiger partial charge in [0.25, 0.3) is 0 Å². The van der Waals surface area contributed by atoms with Crippen molar-refractivity contribution in [3.8, 4) is 0 Å². The first-order chi connectivity index (χ1) is 6.49. The van der Waals surface area contributed by atoms with Crippen molar-refractivity contribution in [2.45, 2.75) is 19.2 Å². The molecule has 7 heteroatoms. The maximum absolute atomic E-state index is 13.1. The Bertz CT molecular complexity index is 188. The lowest BCUT2D eigenvalue weighted by Gasteiger charge is -2.21. The van der Waals surface area contributed by atoms with Gasteiger partial charge in [-0.25, -0.2) is 18.0 Å². The van der Waals surface area contributed by atoms with Crippen molar-refractivity contribution >= 4 is 5.97 Å². The third-order valence-corrected chi connectivity index (χ3v) is 1.22. The largest absolute Gasteiger partial charge is 0.462 e. The van der Waals surface area contributed by atoms with E-state index in [0.717, 1.165) is 0 Å². The van der Waals surface area contributed by atoms with Gasteiger partial charge in [0.2, 0.25) is 0 Å². The summed E-state index contributed by atoms with van der Waals surface area (Å²) in [6.07, 6.45) is -3.71. The fourth-order valence-corrected chi connectivity index (χ4v) is 0.628. The van der Waals surface area contributed by atoms with Crippen molar-refractivity contribution in [1.82, 2.24) is 0 Å². The molecule has 0 rings (SSSR count). The highest BCUT2D eigenvalue weighted by molar-refractivity contribution is 5.78. The van der Waals surface area contributed by atoms with Crippen LogP contribution in [0, 0.1) is 0 Å². The molecule has 0 heterocycles. The normalized spacial score (nSPS) is 15.3. The predicted octanol–water partition coefficient (Wildman–Crippen LogP) is 1.47. The van der Waals surface area contributed by atoms with E-state index in [1.807, 2.05) is 0 Å². The first kappa shape index (κ1) is 13.2. The van der Waals surface area contributed by atoms with Gasteiger partial charge < -0.3 is 9.47 Å². The van der Waals surface area contributed by atoms with Crippen LogP contribution in [-0.4, -0.2) is 38.1 Å². The van der Waals surface area contributed by atoms with Crippen LogP contribution in [0.1, 0.15) is 6.92 Å². The van der Waals surface area contributed by atoms with Crippen molar-refractivity contribution in [2.24, 2.45) is 0 Å². The van der Waals surface area contributed by atoms with Crippen molar-refractivity contribution < 1.29 is 31.8 Å². The van der Waals surface area contributed by atoms with E-state index in [0.29, 0.717) is 0 Å². The SMILES string of the molecule is CCOC(=O)C(F)(OCCF)C(F)F. The van der Waals surface area contributed by atoms with Crippen molar-refractivity contribution in [3.05, 3.63) is 0 Å². The zero-order valence-electron chi connectivity index (χ0n) is 7.44. The minimum Gasteiger partial charge on any atom is -0.462 e. The molecule has 0 radical (unpaired) electrons. The Morgan fingerprint density at radius 3 is 2.43 bits per heavy atom. The van der Waals surface area contributed by atoms with Crippen LogP contribution in [0.2, 0.25) is 0 Å². The van der Waals surface area contributed by atoms with E-state index in [1.165, 1.54) is 6.92 Å². The van der Waals surface area contributed by atoms with Gasteiger partial charge in [0.1, 0.15) is 6.67 Å². The predicted molar refractivity (Wildman–Crippen MR) is 38.4 cm³/mol. The van der Waals surface area contributed by atoms with Gasteiger partial charge in [-0.15, -0.1) is 0 Å². The van der Waals surface area contributed by atoms with Crippen LogP contribution in [0.5, 0.6) is 0 Å². The first-order valence-corrected chi connectivity index (χ1v) is 3.83. The van der Waals surface area contributed by atoms with Gasteiger partial charge in [-0.3, -0.25) is 0 Å². The number of hydrogen-bond donors (Lipinski definition) is 0. The third-order valence-electron chi connectivity index (χ3n) is 1.22. The van der Waals surface area contributed by atoms with Crippen molar-refractivity contribution in [3.63, 3.8) is 0 Å². The molecule has 0 aromatic rings. The van der Waals surface area contributed by atoms with Crippen LogP contribution in [0.15, 0.2) is 0 Å². The van der Waals surface area contributed by atoms with Gasteiger partial charge in [-0.05, 0) is 6.92 Å². The molecule has 0 amide bonds. The van der Waals surface area contributed by atoms with E-state index in [4.69, 9.17) is 0 Å². The Labute approximate surface area is 78.0 Å². The molecule has 84 valence electrons. The molecule has 0 spiro atoms. The number of carbonyl (C=O) groups excluding carboxylic acids is 1. The van der Waals surface area contributed by atoms with Crippen molar-refractivity contribution in [2.75, 3.05) is 19.9 Å². The number of ether oxygens (including phenoxy) is 2.